The molecule has 17 heavy (non-hydrogen) atoms. The Hall–Kier alpha value is -0.750. The van der Waals surface area contributed by atoms with Crippen LogP contribution in [0.4, 0.5) is 5.95 Å². The molecule has 0 saturated heterocycles. The second-order valence-corrected chi connectivity index (χ2v) is 4.83. The third-order valence-corrected chi connectivity index (χ3v) is 2.89. The fourth-order valence-electron chi connectivity index (χ4n) is 1.59. The molecule has 0 unspecified atom stereocenters. The van der Waals surface area contributed by atoms with Crippen LogP contribution in [-0.2, 0) is 0 Å². The van der Waals surface area contributed by atoms with Gasteiger partial charge in [0.1, 0.15) is 0 Å². The van der Waals surface area contributed by atoms with Crippen LogP contribution < -0.4 is 5.32 Å². The molecule has 3 N–H and O–H groups in total. The van der Waals surface area contributed by atoms with Gasteiger partial charge >= 0.3 is 0 Å². The minimum atomic E-state index is 0.416. The molecule has 4 nitrogen and oxygen atoms in total. The van der Waals surface area contributed by atoms with E-state index in [2.05, 4.69) is 27.2 Å². The first kappa shape index (κ1) is 14.3. The number of H-pyrrole nitrogens is 2. The van der Waals surface area contributed by atoms with Crippen molar-refractivity contribution in [1.29, 1.82) is 0 Å². The highest BCUT2D eigenvalue weighted by atomic mass is 32.1. The molecule has 1 heterocycles. The van der Waals surface area contributed by atoms with Gasteiger partial charge in [-0.25, -0.2) is 0 Å². The fraction of sp³-hybridized carbons (Fsp3) is 0.727. The van der Waals surface area contributed by atoms with Gasteiger partial charge < -0.3 is 15.3 Å². The molecule has 96 valence electrons. The maximum Gasteiger partial charge on any atom is 0.205 e. The van der Waals surface area contributed by atoms with Crippen LogP contribution in [0, 0.1) is 9.54 Å². The molecule has 0 saturated carbocycles. The lowest BCUT2D eigenvalue weighted by Crippen LogP contribution is -2.06. The van der Waals surface area contributed by atoms with Crippen molar-refractivity contribution in [3.8, 4) is 0 Å². The Morgan fingerprint density at radius 3 is 2.47 bits per heavy atom. The van der Waals surface area contributed by atoms with E-state index in [0.29, 0.717) is 15.5 Å². The Labute approximate surface area is 112 Å². The summed E-state index contributed by atoms with van der Waals surface area (Å²) in [6.45, 7) is 3.14. The summed E-state index contributed by atoms with van der Waals surface area (Å²) in [5.41, 5.74) is 0. The Bertz CT molecular complexity index is 396. The normalized spacial score (nSPS) is 10.4. The highest BCUT2D eigenvalue weighted by molar-refractivity contribution is 7.71. The molecule has 0 bridgehead atoms. The molecule has 0 aromatic carbocycles. The minimum Gasteiger partial charge on any atom is -0.356 e. The van der Waals surface area contributed by atoms with Gasteiger partial charge in [0.2, 0.25) is 10.7 Å². The van der Waals surface area contributed by atoms with Crippen molar-refractivity contribution in [3.63, 3.8) is 0 Å². The summed E-state index contributed by atoms with van der Waals surface area (Å²) >= 11 is 9.92. The first-order valence-corrected chi connectivity index (χ1v) is 6.98. The Kier molecular flexibility index (Phi) is 7.04. The first-order chi connectivity index (χ1) is 8.22. The molecule has 0 fully saturated rings. The van der Waals surface area contributed by atoms with Crippen molar-refractivity contribution in [1.82, 2.24) is 15.0 Å². The van der Waals surface area contributed by atoms with Gasteiger partial charge in [-0.05, 0) is 30.9 Å². The molecule has 1 rings (SSSR count). The van der Waals surface area contributed by atoms with Crippen molar-refractivity contribution in [2.75, 3.05) is 11.9 Å². The van der Waals surface area contributed by atoms with E-state index in [1.54, 1.807) is 0 Å². The van der Waals surface area contributed by atoms with Crippen molar-refractivity contribution in [2.24, 2.45) is 0 Å². The van der Waals surface area contributed by atoms with E-state index in [9.17, 15) is 0 Å². The summed E-state index contributed by atoms with van der Waals surface area (Å²) in [6, 6.07) is 0. The standard InChI is InChI=1S/C11H20N4S2/c1-2-3-4-5-6-7-8-12-9-13-10(16)15-11(17)14-9/h2-8H2,1H3,(H3,12,13,14,15,16,17). The minimum absolute atomic E-state index is 0.416. The van der Waals surface area contributed by atoms with Gasteiger partial charge in [-0.15, -0.1) is 0 Å². The number of unbranched alkanes of at least 4 members (excludes halogenated alkanes) is 5. The topological polar surface area (TPSA) is 56.5 Å². The molecule has 1 aromatic rings. The lowest BCUT2D eigenvalue weighted by molar-refractivity contribution is 0.616. The average molecular weight is 272 g/mol. The molecule has 0 aliphatic heterocycles. The van der Waals surface area contributed by atoms with Crippen LogP contribution in [0.25, 0.3) is 0 Å². The summed E-state index contributed by atoms with van der Waals surface area (Å²) in [7, 11) is 0. The maximum absolute atomic E-state index is 4.98. The number of hydrogen-bond donors (Lipinski definition) is 3. The molecule has 1 aromatic heterocycles. The molecule has 0 aliphatic rings. The third-order valence-electron chi connectivity index (χ3n) is 2.49. The molecule has 6 heteroatoms. The van der Waals surface area contributed by atoms with Gasteiger partial charge in [0.15, 0.2) is 4.77 Å². The maximum atomic E-state index is 4.98. The van der Waals surface area contributed by atoms with Gasteiger partial charge in [0.25, 0.3) is 0 Å². The van der Waals surface area contributed by atoms with Crippen molar-refractivity contribution < 1.29 is 0 Å². The zero-order valence-electron chi connectivity index (χ0n) is 10.2. The van der Waals surface area contributed by atoms with E-state index >= 15 is 0 Å². The summed E-state index contributed by atoms with van der Waals surface area (Å²) in [5, 5.41) is 3.20. The van der Waals surface area contributed by atoms with Crippen LogP contribution in [0.2, 0.25) is 0 Å². The lowest BCUT2D eigenvalue weighted by atomic mass is 10.1. The monoisotopic (exact) mass is 272 g/mol. The van der Waals surface area contributed by atoms with E-state index < -0.39 is 0 Å². The largest absolute Gasteiger partial charge is 0.356 e. The quantitative estimate of drug-likeness (QED) is 0.495. The summed E-state index contributed by atoms with van der Waals surface area (Å²) in [4.78, 5) is 9.80. The van der Waals surface area contributed by atoms with E-state index in [1.165, 1.54) is 32.1 Å². The van der Waals surface area contributed by atoms with E-state index in [-0.39, 0.29) is 0 Å². The molecule has 0 radical (unpaired) electrons. The summed E-state index contributed by atoms with van der Waals surface area (Å²) in [5.74, 6) is 0.660. The van der Waals surface area contributed by atoms with Gasteiger partial charge in [0.05, 0.1) is 0 Å². The van der Waals surface area contributed by atoms with Crippen LogP contribution in [-0.4, -0.2) is 21.5 Å². The number of nitrogens with one attached hydrogen (secondary N) is 3. The van der Waals surface area contributed by atoms with Gasteiger partial charge in [-0.3, -0.25) is 0 Å². The number of anilines is 1. The van der Waals surface area contributed by atoms with E-state index in [4.69, 9.17) is 24.4 Å². The number of aromatic nitrogens is 3. The second kappa shape index (κ2) is 8.36. The van der Waals surface area contributed by atoms with Crippen LogP contribution in [0.1, 0.15) is 45.4 Å². The van der Waals surface area contributed by atoms with Crippen molar-refractivity contribution in [2.45, 2.75) is 45.4 Å². The van der Waals surface area contributed by atoms with E-state index in [1.807, 2.05) is 0 Å². The van der Waals surface area contributed by atoms with Crippen molar-refractivity contribution in [3.05, 3.63) is 9.54 Å². The first-order valence-electron chi connectivity index (χ1n) is 6.17. The van der Waals surface area contributed by atoms with Gasteiger partial charge in [-0.2, -0.15) is 4.98 Å². The molecule has 0 atom stereocenters. The van der Waals surface area contributed by atoms with Crippen molar-refractivity contribution >= 4 is 30.4 Å². The summed E-state index contributed by atoms with van der Waals surface area (Å²) in [6.07, 6.45) is 7.70. The predicted molar refractivity (Wildman–Crippen MR) is 76.5 cm³/mol. The highest BCUT2D eigenvalue weighted by Crippen LogP contribution is 2.05. The molecular formula is C11H20N4S2. The van der Waals surface area contributed by atoms with Gasteiger partial charge in [-0.1, -0.05) is 39.0 Å². The van der Waals surface area contributed by atoms with Crippen LogP contribution in [0.3, 0.4) is 0 Å². The molecular weight excluding hydrogens is 252 g/mol. The predicted octanol–water partition coefficient (Wildman–Crippen LogP) is 3.97. The van der Waals surface area contributed by atoms with Crippen LogP contribution in [0.5, 0.6) is 0 Å². The zero-order valence-corrected chi connectivity index (χ0v) is 11.8. The third kappa shape index (κ3) is 6.53. The number of rotatable bonds is 8. The Balaban J connectivity index is 2.18. The SMILES string of the molecule is CCCCCCCCNc1nc(=S)[nH]c(=S)[nH]1. The number of aromatic amines is 2. The number of nitrogens with zero attached hydrogens (tertiary/aromatic N) is 1. The van der Waals surface area contributed by atoms with Gasteiger partial charge in [0, 0.05) is 6.54 Å². The molecule has 0 spiro atoms. The van der Waals surface area contributed by atoms with Crippen LogP contribution in [0.15, 0.2) is 0 Å². The second-order valence-electron chi connectivity index (χ2n) is 4.04. The average Bonchev–Trinajstić information content (AvgIpc) is 2.26. The Morgan fingerprint density at radius 1 is 1.06 bits per heavy atom. The smallest absolute Gasteiger partial charge is 0.205 e. The lowest BCUT2D eigenvalue weighted by Gasteiger charge is -2.04. The molecule has 0 aliphatic carbocycles. The van der Waals surface area contributed by atoms with E-state index in [0.717, 1.165) is 13.0 Å². The zero-order chi connectivity index (χ0) is 12.5. The molecule has 0 amide bonds. The van der Waals surface area contributed by atoms with Crippen LogP contribution >= 0.6 is 24.4 Å². The Morgan fingerprint density at radius 2 is 1.76 bits per heavy atom. The fourth-order valence-corrected chi connectivity index (χ4v) is 2.04. The number of hydrogen-bond acceptors (Lipinski definition) is 4. The highest BCUT2D eigenvalue weighted by Gasteiger charge is 1.94. The summed E-state index contributed by atoms with van der Waals surface area (Å²) < 4.78 is 0.926.